The highest BCUT2D eigenvalue weighted by Crippen LogP contribution is 2.29. The predicted molar refractivity (Wildman–Crippen MR) is 106 cm³/mol. The summed E-state index contributed by atoms with van der Waals surface area (Å²) in [5.41, 5.74) is 0.670. The molecule has 11 heteroatoms. The van der Waals surface area contributed by atoms with Crippen molar-refractivity contribution in [2.24, 2.45) is 0 Å². The lowest BCUT2D eigenvalue weighted by Crippen LogP contribution is -2.21. The van der Waals surface area contributed by atoms with Crippen molar-refractivity contribution >= 4 is 50.0 Å². The van der Waals surface area contributed by atoms with Gasteiger partial charge in [0, 0.05) is 24.1 Å². The zero-order chi connectivity index (χ0) is 21.7. The number of thiazole rings is 1. The van der Waals surface area contributed by atoms with Crippen LogP contribution in [0.2, 0.25) is 0 Å². The highest BCUT2D eigenvalue weighted by atomic mass is 32.1. The molecular weight excluding hydrogens is 417 g/mol. The van der Waals surface area contributed by atoms with E-state index in [2.05, 4.69) is 10.3 Å². The Labute approximate surface area is 172 Å². The molecule has 0 radical (unpaired) electrons. The van der Waals surface area contributed by atoms with E-state index >= 15 is 0 Å². The Kier molecular flexibility index (Phi) is 6.42. The molecule has 0 saturated carbocycles. The zero-order valence-corrected chi connectivity index (χ0v) is 16.1. The zero-order valence-electron chi connectivity index (χ0n) is 15.3. The van der Waals surface area contributed by atoms with Gasteiger partial charge in [-0.15, -0.1) is 0 Å². The molecule has 0 atom stereocenters. The molecule has 3 aromatic rings. The van der Waals surface area contributed by atoms with Crippen molar-refractivity contribution in [1.82, 2.24) is 4.98 Å². The van der Waals surface area contributed by atoms with E-state index in [1.54, 1.807) is 0 Å². The molecule has 154 valence electrons. The lowest BCUT2D eigenvalue weighted by Gasteiger charge is -2.04. The number of aromatic nitrogens is 1. The molecule has 0 unspecified atom stereocenters. The van der Waals surface area contributed by atoms with Gasteiger partial charge in [0.15, 0.2) is 17.5 Å². The summed E-state index contributed by atoms with van der Waals surface area (Å²) in [4.78, 5) is 50.0. The first kappa shape index (κ1) is 21.0. The summed E-state index contributed by atoms with van der Waals surface area (Å²) in [6.45, 7) is -0.570. The maximum atomic E-state index is 12.9. The minimum atomic E-state index is -0.736. The fraction of sp³-hybridized carbons (Fsp3) is 0.158. The number of anilines is 1. The number of benzene rings is 2. The van der Waals surface area contributed by atoms with Crippen molar-refractivity contribution in [3.63, 3.8) is 0 Å². The third-order valence-electron chi connectivity index (χ3n) is 3.92. The van der Waals surface area contributed by atoms with E-state index in [9.17, 15) is 28.9 Å². The molecule has 0 spiro atoms. The summed E-state index contributed by atoms with van der Waals surface area (Å²) in [7, 11) is 0. The Morgan fingerprint density at radius 2 is 1.87 bits per heavy atom. The van der Waals surface area contributed by atoms with Crippen LogP contribution >= 0.6 is 11.3 Å². The molecule has 2 aromatic carbocycles. The number of ketones is 1. The maximum Gasteiger partial charge on any atom is 0.306 e. The summed E-state index contributed by atoms with van der Waals surface area (Å²) in [5, 5.41) is 13.5. The number of hydrogen-bond donors (Lipinski definition) is 1. The third kappa shape index (κ3) is 5.41. The minimum Gasteiger partial charge on any atom is -0.456 e. The van der Waals surface area contributed by atoms with Gasteiger partial charge in [0.25, 0.3) is 11.6 Å². The van der Waals surface area contributed by atoms with Crippen LogP contribution in [0.3, 0.4) is 0 Å². The Bertz CT molecular complexity index is 1130. The fourth-order valence-corrected chi connectivity index (χ4v) is 3.36. The van der Waals surface area contributed by atoms with Gasteiger partial charge in [-0.1, -0.05) is 11.3 Å². The van der Waals surface area contributed by atoms with Crippen LogP contribution in [0.5, 0.6) is 0 Å². The second-order valence-electron chi connectivity index (χ2n) is 6.07. The summed E-state index contributed by atoms with van der Waals surface area (Å²) in [5.74, 6) is -2.19. The number of nitro benzene ring substituents is 1. The van der Waals surface area contributed by atoms with E-state index < -0.39 is 29.2 Å². The molecule has 30 heavy (non-hydrogen) atoms. The topological polar surface area (TPSA) is 128 Å². The molecule has 1 N–H and O–H groups in total. The van der Waals surface area contributed by atoms with Crippen LogP contribution in [0, 0.1) is 15.9 Å². The van der Waals surface area contributed by atoms with Gasteiger partial charge in [-0.2, -0.15) is 0 Å². The number of ether oxygens (including phenoxy) is 1. The fourth-order valence-electron chi connectivity index (χ4n) is 2.45. The third-order valence-corrected chi connectivity index (χ3v) is 4.85. The number of carbonyl (C=O) groups is 3. The molecule has 3 rings (SSSR count). The van der Waals surface area contributed by atoms with Crippen molar-refractivity contribution in [2.45, 2.75) is 12.8 Å². The number of fused-ring (bicyclic) bond motifs is 1. The molecule has 0 aliphatic carbocycles. The van der Waals surface area contributed by atoms with Gasteiger partial charge < -0.3 is 4.74 Å². The highest BCUT2D eigenvalue weighted by Gasteiger charge is 2.14. The van der Waals surface area contributed by atoms with Crippen LogP contribution in [0.15, 0.2) is 42.5 Å². The van der Waals surface area contributed by atoms with Crippen molar-refractivity contribution < 1.29 is 28.4 Å². The lowest BCUT2D eigenvalue weighted by molar-refractivity contribution is -0.384. The van der Waals surface area contributed by atoms with Gasteiger partial charge in [0.1, 0.15) is 5.82 Å². The predicted octanol–water partition coefficient (Wildman–Crippen LogP) is 3.49. The van der Waals surface area contributed by atoms with Gasteiger partial charge >= 0.3 is 5.97 Å². The number of amides is 1. The first-order valence-corrected chi connectivity index (χ1v) is 9.42. The second-order valence-corrected chi connectivity index (χ2v) is 7.10. The van der Waals surface area contributed by atoms with E-state index in [0.717, 1.165) is 23.5 Å². The number of esters is 1. The van der Waals surface area contributed by atoms with Crippen LogP contribution in [0.25, 0.3) is 10.2 Å². The number of rotatable bonds is 8. The van der Waals surface area contributed by atoms with Crippen LogP contribution in [-0.4, -0.2) is 34.2 Å². The Hall–Kier alpha value is -3.73. The molecule has 1 heterocycles. The number of halogens is 1. The average molecular weight is 431 g/mol. The summed E-state index contributed by atoms with van der Waals surface area (Å²) >= 11 is 1.04. The second kappa shape index (κ2) is 9.18. The summed E-state index contributed by atoms with van der Waals surface area (Å²) in [6.07, 6.45) is -0.364. The largest absolute Gasteiger partial charge is 0.456 e. The van der Waals surface area contributed by atoms with Gasteiger partial charge in [-0.3, -0.25) is 29.8 Å². The number of Topliss-reactive ketones (excluding diaryl/α,β-unsaturated/α-hetero) is 1. The molecule has 0 bridgehead atoms. The SMILES string of the molecule is O=C(COC(=O)CCC(=O)c1ccc(F)cc1)Nc1nc2ccc([N+](=O)[O-])cc2s1. The highest BCUT2D eigenvalue weighted by molar-refractivity contribution is 7.22. The number of hydrogen-bond acceptors (Lipinski definition) is 8. The van der Waals surface area contributed by atoms with Crippen molar-refractivity contribution in [1.29, 1.82) is 0 Å². The normalized spacial score (nSPS) is 10.6. The number of nitro groups is 1. The molecule has 9 nitrogen and oxygen atoms in total. The molecule has 1 amide bonds. The average Bonchev–Trinajstić information content (AvgIpc) is 3.12. The Morgan fingerprint density at radius 1 is 1.13 bits per heavy atom. The number of nitrogens with zero attached hydrogens (tertiary/aromatic N) is 2. The molecule has 1 aromatic heterocycles. The van der Waals surface area contributed by atoms with Crippen LogP contribution in [-0.2, 0) is 14.3 Å². The van der Waals surface area contributed by atoms with E-state index in [-0.39, 0.29) is 35.0 Å². The van der Waals surface area contributed by atoms with Crippen molar-refractivity contribution in [2.75, 3.05) is 11.9 Å². The molecular formula is C19H14FN3O6S. The smallest absolute Gasteiger partial charge is 0.306 e. The van der Waals surface area contributed by atoms with Crippen LogP contribution in [0.1, 0.15) is 23.2 Å². The van der Waals surface area contributed by atoms with E-state index in [1.165, 1.54) is 30.3 Å². The number of nitrogens with one attached hydrogen (secondary N) is 1. The summed E-state index contributed by atoms with van der Waals surface area (Å²) in [6, 6.07) is 9.07. The van der Waals surface area contributed by atoms with Crippen LogP contribution < -0.4 is 5.32 Å². The van der Waals surface area contributed by atoms with Crippen LogP contribution in [0.4, 0.5) is 15.2 Å². The molecule has 0 aliphatic rings. The molecule has 0 saturated heterocycles. The van der Waals surface area contributed by atoms with Crippen molar-refractivity contribution in [3.8, 4) is 0 Å². The monoisotopic (exact) mass is 431 g/mol. The van der Waals surface area contributed by atoms with E-state index in [4.69, 9.17) is 4.74 Å². The van der Waals surface area contributed by atoms with Crippen molar-refractivity contribution in [3.05, 3.63) is 64.0 Å². The standard InChI is InChI=1S/C19H14FN3O6S/c20-12-3-1-11(2-4-12)15(24)7-8-18(26)29-10-17(25)22-19-21-14-6-5-13(23(27)28)9-16(14)30-19/h1-6,9H,7-8,10H2,(H,21,22,25). The van der Waals surface area contributed by atoms with Gasteiger partial charge in [0.2, 0.25) is 0 Å². The lowest BCUT2D eigenvalue weighted by atomic mass is 10.1. The van der Waals surface area contributed by atoms with E-state index in [1.807, 2.05) is 0 Å². The number of non-ortho nitro benzene ring substituents is 1. The van der Waals surface area contributed by atoms with E-state index in [0.29, 0.717) is 10.2 Å². The van der Waals surface area contributed by atoms with Gasteiger partial charge in [-0.25, -0.2) is 9.37 Å². The maximum absolute atomic E-state index is 12.9. The van der Waals surface area contributed by atoms with Gasteiger partial charge in [0.05, 0.1) is 21.6 Å². The molecule has 0 fully saturated rings. The summed E-state index contributed by atoms with van der Waals surface area (Å²) < 4.78 is 18.2. The number of carbonyl (C=O) groups excluding carboxylic acids is 3. The Morgan fingerprint density at radius 3 is 2.57 bits per heavy atom. The molecule has 0 aliphatic heterocycles. The first-order valence-electron chi connectivity index (χ1n) is 8.61. The Balaban J connectivity index is 1.46. The first-order chi connectivity index (χ1) is 14.3. The van der Waals surface area contributed by atoms with Gasteiger partial charge in [-0.05, 0) is 30.3 Å². The quantitative estimate of drug-likeness (QED) is 0.250. The minimum absolute atomic E-state index is 0.0897.